The van der Waals surface area contributed by atoms with Crippen LogP contribution in [0.3, 0.4) is 0 Å². The zero-order chi connectivity index (χ0) is 8.55. The van der Waals surface area contributed by atoms with Gasteiger partial charge in [-0.05, 0) is 29.4 Å². The second-order valence-corrected chi connectivity index (χ2v) is 3.63. The van der Waals surface area contributed by atoms with Crippen molar-refractivity contribution in [1.29, 1.82) is 0 Å². The Kier molecular flexibility index (Phi) is 1.89. The fourth-order valence-corrected chi connectivity index (χ4v) is 2.10. The van der Waals surface area contributed by atoms with E-state index in [9.17, 15) is 0 Å². The van der Waals surface area contributed by atoms with Crippen LogP contribution in [0.4, 0.5) is 0 Å². The Morgan fingerprint density at radius 2 is 2.17 bits per heavy atom. The molecular formula is C11H14O. The van der Waals surface area contributed by atoms with Gasteiger partial charge in [0.25, 0.3) is 0 Å². The molecule has 64 valence electrons. The van der Waals surface area contributed by atoms with E-state index in [-0.39, 0.29) is 0 Å². The summed E-state index contributed by atoms with van der Waals surface area (Å²) in [4.78, 5) is 0. The highest BCUT2D eigenvalue weighted by atomic mass is 16.3. The molecule has 0 aromatic heterocycles. The minimum Gasteiger partial charge on any atom is -0.396 e. The first-order valence-corrected chi connectivity index (χ1v) is 4.51. The van der Waals surface area contributed by atoms with E-state index in [0.717, 1.165) is 6.42 Å². The Morgan fingerprint density at radius 1 is 1.42 bits per heavy atom. The third kappa shape index (κ3) is 1.05. The van der Waals surface area contributed by atoms with Crippen LogP contribution in [0.1, 0.15) is 24.0 Å². The van der Waals surface area contributed by atoms with E-state index in [0.29, 0.717) is 18.4 Å². The average Bonchev–Trinajstić information content (AvgIpc) is 2.44. The van der Waals surface area contributed by atoms with Crippen LogP contribution in [-0.4, -0.2) is 11.7 Å². The summed E-state index contributed by atoms with van der Waals surface area (Å²) in [6, 6.07) is 8.50. The Labute approximate surface area is 73.0 Å². The normalized spacial score (nSPS) is 27.2. The zero-order valence-electron chi connectivity index (χ0n) is 7.33. The fourth-order valence-electron chi connectivity index (χ4n) is 2.10. The minimum atomic E-state index is 0.315. The smallest absolute Gasteiger partial charge is 0.0468 e. The molecule has 0 aliphatic heterocycles. The predicted octanol–water partition coefficient (Wildman–Crippen LogP) is 1.95. The molecule has 1 aromatic rings. The van der Waals surface area contributed by atoms with Crippen molar-refractivity contribution in [2.24, 2.45) is 5.92 Å². The molecule has 1 N–H and O–H groups in total. The molecule has 0 saturated heterocycles. The van der Waals surface area contributed by atoms with Crippen molar-refractivity contribution in [3.8, 4) is 0 Å². The van der Waals surface area contributed by atoms with E-state index in [1.165, 1.54) is 11.1 Å². The highest BCUT2D eigenvalue weighted by Crippen LogP contribution is 2.36. The van der Waals surface area contributed by atoms with Crippen LogP contribution < -0.4 is 0 Å². The standard InChI is InChI=1S/C11H14O/c1-8-10(7-12)6-9-4-2-3-5-11(8)9/h2-5,8,10,12H,6-7H2,1H3. The van der Waals surface area contributed by atoms with Crippen LogP contribution in [0.15, 0.2) is 24.3 Å². The summed E-state index contributed by atoms with van der Waals surface area (Å²) < 4.78 is 0. The lowest BCUT2D eigenvalue weighted by atomic mass is 9.96. The van der Waals surface area contributed by atoms with Crippen molar-refractivity contribution in [2.75, 3.05) is 6.61 Å². The van der Waals surface area contributed by atoms with Gasteiger partial charge in [-0.1, -0.05) is 31.2 Å². The van der Waals surface area contributed by atoms with Gasteiger partial charge in [-0.15, -0.1) is 0 Å². The SMILES string of the molecule is CC1c2ccccc2CC1CO. The summed E-state index contributed by atoms with van der Waals surface area (Å²) in [5, 5.41) is 9.11. The van der Waals surface area contributed by atoms with E-state index in [1.807, 2.05) is 0 Å². The summed E-state index contributed by atoms with van der Waals surface area (Å²) >= 11 is 0. The van der Waals surface area contributed by atoms with Crippen LogP contribution >= 0.6 is 0 Å². The Morgan fingerprint density at radius 3 is 2.83 bits per heavy atom. The van der Waals surface area contributed by atoms with Crippen molar-refractivity contribution in [2.45, 2.75) is 19.3 Å². The lowest BCUT2D eigenvalue weighted by molar-refractivity contribution is 0.217. The molecule has 0 saturated carbocycles. The topological polar surface area (TPSA) is 20.2 Å². The molecule has 1 aliphatic rings. The largest absolute Gasteiger partial charge is 0.396 e. The molecule has 12 heavy (non-hydrogen) atoms. The van der Waals surface area contributed by atoms with Crippen molar-refractivity contribution in [3.63, 3.8) is 0 Å². The highest BCUT2D eigenvalue weighted by molar-refractivity contribution is 5.35. The lowest BCUT2D eigenvalue weighted by Crippen LogP contribution is -2.08. The molecule has 1 aromatic carbocycles. The van der Waals surface area contributed by atoms with Crippen LogP contribution in [0, 0.1) is 5.92 Å². The zero-order valence-corrected chi connectivity index (χ0v) is 7.33. The maximum Gasteiger partial charge on any atom is 0.0468 e. The Bertz CT molecular complexity index is 280. The number of hydrogen-bond acceptors (Lipinski definition) is 1. The van der Waals surface area contributed by atoms with E-state index < -0.39 is 0 Å². The van der Waals surface area contributed by atoms with E-state index in [1.54, 1.807) is 0 Å². The van der Waals surface area contributed by atoms with Crippen LogP contribution in [0.25, 0.3) is 0 Å². The van der Waals surface area contributed by atoms with E-state index >= 15 is 0 Å². The molecule has 0 amide bonds. The first-order valence-electron chi connectivity index (χ1n) is 4.51. The van der Waals surface area contributed by atoms with Crippen LogP contribution in [0.2, 0.25) is 0 Å². The van der Waals surface area contributed by atoms with Gasteiger partial charge in [0.15, 0.2) is 0 Å². The molecule has 1 nitrogen and oxygen atoms in total. The Balaban J connectivity index is 2.35. The fraction of sp³-hybridized carbons (Fsp3) is 0.455. The molecule has 1 heteroatoms. The number of rotatable bonds is 1. The Hall–Kier alpha value is -0.820. The summed E-state index contributed by atoms with van der Waals surface area (Å²) in [6.45, 7) is 2.52. The van der Waals surface area contributed by atoms with E-state index in [2.05, 4.69) is 31.2 Å². The lowest BCUT2D eigenvalue weighted by Gasteiger charge is -2.11. The van der Waals surface area contributed by atoms with Crippen LogP contribution in [0.5, 0.6) is 0 Å². The molecule has 2 rings (SSSR count). The third-order valence-electron chi connectivity index (χ3n) is 2.97. The summed E-state index contributed by atoms with van der Waals surface area (Å²) in [5.41, 5.74) is 2.85. The second-order valence-electron chi connectivity index (χ2n) is 3.63. The van der Waals surface area contributed by atoms with Gasteiger partial charge >= 0.3 is 0 Å². The summed E-state index contributed by atoms with van der Waals surface area (Å²) in [5.74, 6) is 0.980. The predicted molar refractivity (Wildman–Crippen MR) is 49.1 cm³/mol. The van der Waals surface area contributed by atoms with Crippen molar-refractivity contribution >= 4 is 0 Å². The number of aliphatic hydroxyl groups excluding tert-OH is 1. The van der Waals surface area contributed by atoms with E-state index in [4.69, 9.17) is 5.11 Å². The summed E-state index contributed by atoms with van der Waals surface area (Å²) in [7, 11) is 0. The van der Waals surface area contributed by atoms with Crippen molar-refractivity contribution < 1.29 is 5.11 Å². The molecule has 0 fully saturated rings. The quantitative estimate of drug-likeness (QED) is 0.669. The van der Waals surface area contributed by atoms with Gasteiger partial charge in [-0.25, -0.2) is 0 Å². The second kappa shape index (κ2) is 2.91. The number of aliphatic hydroxyl groups is 1. The molecular weight excluding hydrogens is 148 g/mol. The average molecular weight is 162 g/mol. The first kappa shape index (κ1) is 7.81. The molecule has 0 radical (unpaired) electrons. The maximum atomic E-state index is 9.11. The molecule has 0 bridgehead atoms. The van der Waals surface area contributed by atoms with Gasteiger partial charge < -0.3 is 5.11 Å². The van der Waals surface area contributed by atoms with Gasteiger partial charge in [0.2, 0.25) is 0 Å². The summed E-state index contributed by atoms with van der Waals surface area (Å²) in [6.07, 6.45) is 1.05. The monoisotopic (exact) mass is 162 g/mol. The van der Waals surface area contributed by atoms with Crippen LogP contribution in [-0.2, 0) is 6.42 Å². The minimum absolute atomic E-state index is 0.315. The third-order valence-corrected chi connectivity index (χ3v) is 2.97. The van der Waals surface area contributed by atoms with Gasteiger partial charge in [-0.3, -0.25) is 0 Å². The molecule has 2 atom stereocenters. The molecule has 2 unspecified atom stereocenters. The number of fused-ring (bicyclic) bond motifs is 1. The molecule has 1 aliphatic carbocycles. The maximum absolute atomic E-state index is 9.11. The highest BCUT2D eigenvalue weighted by Gasteiger charge is 2.27. The van der Waals surface area contributed by atoms with Crippen molar-refractivity contribution in [3.05, 3.63) is 35.4 Å². The number of benzene rings is 1. The molecule has 0 spiro atoms. The van der Waals surface area contributed by atoms with Gasteiger partial charge in [0, 0.05) is 6.61 Å². The number of hydrogen-bond donors (Lipinski definition) is 1. The van der Waals surface area contributed by atoms with Gasteiger partial charge in [-0.2, -0.15) is 0 Å². The molecule has 0 heterocycles. The van der Waals surface area contributed by atoms with Crippen molar-refractivity contribution in [1.82, 2.24) is 0 Å². The van der Waals surface area contributed by atoms with Gasteiger partial charge in [0.05, 0.1) is 0 Å². The first-order chi connectivity index (χ1) is 5.83. The van der Waals surface area contributed by atoms with Gasteiger partial charge in [0.1, 0.15) is 0 Å².